The van der Waals surface area contributed by atoms with Crippen molar-refractivity contribution in [2.45, 2.75) is 38.8 Å². The molecule has 1 aromatic carbocycles. The predicted molar refractivity (Wildman–Crippen MR) is 79.3 cm³/mol. The van der Waals surface area contributed by atoms with Gasteiger partial charge in [-0.25, -0.2) is 0 Å². The van der Waals surface area contributed by atoms with E-state index in [-0.39, 0.29) is 11.6 Å². The van der Waals surface area contributed by atoms with E-state index in [1.807, 2.05) is 0 Å². The van der Waals surface area contributed by atoms with Crippen LogP contribution >= 0.6 is 0 Å². The molecule has 0 bridgehead atoms. The Balaban J connectivity index is 2.34. The van der Waals surface area contributed by atoms with E-state index in [1.54, 1.807) is 0 Å². The molecular formula is C16H23N3. The molecule has 1 saturated heterocycles. The lowest BCUT2D eigenvalue weighted by atomic mass is 9.94. The minimum Gasteiger partial charge on any atom is -0.364 e. The number of anilines is 1. The van der Waals surface area contributed by atoms with Crippen LogP contribution in [0, 0.1) is 18.3 Å². The van der Waals surface area contributed by atoms with Crippen LogP contribution in [0.4, 0.5) is 5.69 Å². The molecule has 2 rings (SSSR count). The van der Waals surface area contributed by atoms with Crippen LogP contribution < -0.4 is 4.90 Å². The highest BCUT2D eigenvalue weighted by molar-refractivity contribution is 5.55. The molecule has 1 aliphatic heterocycles. The van der Waals surface area contributed by atoms with Crippen molar-refractivity contribution in [3.63, 3.8) is 0 Å². The van der Waals surface area contributed by atoms with Crippen LogP contribution in [0.3, 0.4) is 0 Å². The first-order valence-electron chi connectivity index (χ1n) is 6.86. The number of likely N-dealkylation sites (N-methyl/N-ethyl adjacent to an activating group) is 1. The molecule has 0 saturated carbocycles. The van der Waals surface area contributed by atoms with Crippen molar-refractivity contribution in [1.82, 2.24) is 4.90 Å². The summed E-state index contributed by atoms with van der Waals surface area (Å²) in [7, 11) is 2.15. The molecule has 102 valence electrons. The Kier molecular flexibility index (Phi) is 3.82. The maximum Gasteiger partial charge on any atom is 0.0643 e. The van der Waals surface area contributed by atoms with Gasteiger partial charge in [-0.05, 0) is 39.4 Å². The van der Waals surface area contributed by atoms with Crippen LogP contribution in [-0.4, -0.2) is 36.6 Å². The second-order valence-corrected chi connectivity index (χ2v) is 6.12. The molecule has 0 aromatic heterocycles. The van der Waals surface area contributed by atoms with Crippen LogP contribution in [0.2, 0.25) is 0 Å². The molecule has 1 unspecified atom stereocenters. The first-order valence-corrected chi connectivity index (χ1v) is 6.86. The Bertz CT molecular complexity index is 487. The number of hydrogen-bond donors (Lipinski definition) is 0. The third-order valence-electron chi connectivity index (χ3n) is 4.27. The quantitative estimate of drug-likeness (QED) is 0.816. The van der Waals surface area contributed by atoms with Gasteiger partial charge in [0.1, 0.15) is 0 Å². The molecule has 3 nitrogen and oxygen atoms in total. The molecule has 1 fully saturated rings. The SMILES string of the molecule is Cc1ccccc1N1CC(C)(C)N(C)CC1CC#N. The number of hydrogen-bond acceptors (Lipinski definition) is 3. The molecule has 0 amide bonds. The Morgan fingerprint density at radius 2 is 2.05 bits per heavy atom. The topological polar surface area (TPSA) is 30.3 Å². The van der Waals surface area contributed by atoms with Crippen molar-refractivity contribution in [1.29, 1.82) is 5.26 Å². The molecule has 1 aliphatic rings. The van der Waals surface area contributed by atoms with Crippen LogP contribution in [0.1, 0.15) is 25.8 Å². The summed E-state index contributed by atoms with van der Waals surface area (Å²) < 4.78 is 0. The molecule has 19 heavy (non-hydrogen) atoms. The maximum absolute atomic E-state index is 9.07. The average Bonchev–Trinajstić information content (AvgIpc) is 2.35. The average molecular weight is 257 g/mol. The van der Waals surface area contributed by atoms with Crippen LogP contribution in [0.15, 0.2) is 24.3 Å². The fraction of sp³-hybridized carbons (Fsp3) is 0.562. The van der Waals surface area contributed by atoms with Crippen molar-refractivity contribution in [2.24, 2.45) is 0 Å². The van der Waals surface area contributed by atoms with E-state index in [2.05, 4.69) is 68.0 Å². The van der Waals surface area contributed by atoms with E-state index in [9.17, 15) is 0 Å². The van der Waals surface area contributed by atoms with E-state index < -0.39 is 0 Å². The molecule has 1 atom stereocenters. The first-order chi connectivity index (χ1) is 8.95. The van der Waals surface area contributed by atoms with Crippen molar-refractivity contribution in [3.8, 4) is 6.07 Å². The summed E-state index contributed by atoms with van der Waals surface area (Å²) >= 11 is 0. The Morgan fingerprint density at radius 1 is 1.37 bits per heavy atom. The Hall–Kier alpha value is -1.53. The van der Waals surface area contributed by atoms with E-state index >= 15 is 0 Å². The molecule has 0 radical (unpaired) electrons. The zero-order chi connectivity index (χ0) is 14.0. The molecule has 1 aromatic rings. The van der Waals surface area contributed by atoms with Gasteiger partial charge in [0.15, 0.2) is 0 Å². The summed E-state index contributed by atoms with van der Waals surface area (Å²) in [5, 5.41) is 9.07. The van der Waals surface area contributed by atoms with Crippen molar-refractivity contribution >= 4 is 5.69 Å². The van der Waals surface area contributed by atoms with Gasteiger partial charge in [-0.2, -0.15) is 5.26 Å². The number of rotatable bonds is 2. The number of nitriles is 1. The van der Waals surface area contributed by atoms with Gasteiger partial charge < -0.3 is 4.90 Å². The third kappa shape index (κ3) is 2.74. The van der Waals surface area contributed by atoms with E-state index in [0.717, 1.165) is 13.1 Å². The highest BCUT2D eigenvalue weighted by Crippen LogP contribution is 2.30. The van der Waals surface area contributed by atoms with Gasteiger partial charge >= 0.3 is 0 Å². The van der Waals surface area contributed by atoms with Gasteiger partial charge in [0, 0.05) is 24.3 Å². The molecule has 0 spiro atoms. The van der Waals surface area contributed by atoms with Gasteiger partial charge in [0.25, 0.3) is 0 Å². The molecule has 0 N–H and O–H groups in total. The standard InChI is InChI=1S/C16H23N3/c1-13-7-5-6-8-15(13)19-12-16(2,3)18(4)11-14(19)9-10-17/h5-8,14H,9,11-12H2,1-4H3. The fourth-order valence-corrected chi connectivity index (χ4v) is 2.78. The van der Waals surface area contributed by atoms with Crippen molar-refractivity contribution in [2.75, 3.05) is 25.0 Å². The Morgan fingerprint density at radius 3 is 2.68 bits per heavy atom. The lowest BCUT2D eigenvalue weighted by Crippen LogP contribution is -2.62. The summed E-state index contributed by atoms with van der Waals surface area (Å²) in [4.78, 5) is 4.78. The number of nitrogens with zero attached hydrogens (tertiary/aromatic N) is 3. The van der Waals surface area contributed by atoms with Gasteiger partial charge in [-0.15, -0.1) is 0 Å². The van der Waals surface area contributed by atoms with Crippen LogP contribution in [-0.2, 0) is 0 Å². The van der Waals surface area contributed by atoms with Gasteiger partial charge in [0.2, 0.25) is 0 Å². The number of benzene rings is 1. The third-order valence-corrected chi connectivity index (χ3v) is 4.27. The summed E-state index contributed by atoms with van der Waals surface area (Å²) in [5.74, 6) is 0. The smallest absolute Gasteiger partial charge is 0.0643 e. The minimum absolute atomic E-state index is 0.133. The van der Waals surface area contributed by atoms with Crippen molar-refractivity contribution < 1.29 is 0 Å². The van der Waals surface area contributed by atoms with Crippen LogP contribution in [0.25, 0.3) is 0 Å². The van der Waals surface area contributed by atoms with E-state index in [0.29, 0.717) is 6.42 Å². The van der Waals surface area contributed by atoms with Gasteiger partial charge in [0.05, 0.1) is 18.5 Å². The molecular weight excluding hydrogens is 234 g/mol. The summed E-state index contributed by atoms with van der Waals surface area (Å²) in [6.07, 6.45) is 0.578. The second-order valence-electron chi connectivity index (χ2n) is 6.12. The maximum atomic E-state index is 9.07. The normalized spacial score (nSPS) is 23.1. The monoisotopic (exact) mass is 257 g/mol. The van der Waals surface area contributed by atoms with E-state index in [1.165, 1.54) is 11.3 Å². The fourth-order valence-electron chi connectivity index (χ4n) is 2.78. The molecule has 1 heterocycles. The summed E-state index contributed by atoms with van der Waals surface area (Å²) in [6.45, 7) is 8.57. The minimum atomic E-state index is 0.133. The van der Waals surface area contributed by atoms with Gasteiger partial charge in [-0.3, -0.25) is 4.90 Å². The highest BCUT2D eigenvalue weighted by Gasteiger charge is 2.37. The van der Waals surface area contributed by atoms with Gasteiger partial charge in [-0.1, -0.05) is 18.2 Å². The highest BCUT2D eigenvalue weighted by atomic mass is 15.3. The summed E-state index contributed by atoms with van der Waals surface area (Å²) in [6, 6.07) is 11.1. The first kappa shape index (κ1) is 13.9. The molecule has 3 heteroatoms. The number of para-hydroxylation sites is 1. The lowest BCUT2D eigenvalue weighted by Gasteiger charge is -2.50. The predicted octanol–water partition coefficient (Wildman–Crippen LogP) is 2.81. The van der Waals surface area contributed by atoms with Crippen LogP contribution in [0.5, 0.6) is 0 Å². The van der Waals surface area contributed by atoms with Crippen molar-refractivity contribution in [3.05, 3.63) is 29.8 Å². The Labute approximate surface area is 116 Å². The summed E-state index contributed by atoms with van der Waals surface area (Å²) in [5.41, 5.74) is 2.68. The largest absolute Gasteiger partial charge is 0.364 e. The van der Waals surface area contributed by atoms with E-state index in [4.69, 9.17) is 5.26 Å². The second kappa shape index (κ2) is 5.22. The zero-order valence-corrected chi connectivity index (χ0v) is 12.3. The number of piperazine rings is 1. The number of aryl methyl sites for hydroxylation is 1. The zero-order valence-electron chi connectivity index (χ0n) is 12.3. The lowest BCUT2D eigenvalue weighted by molar-refractivity contribution is 0.115. The molecule has 0 aliphatic carbocycles.